The van der Waals surface area contributed by atoms with Gasteiger partial charge in [0, 0.05) is 23.5 Å². The maximum absolute atomic E-state index is 5.72. The van der Waals surface area contributed by atoms with Crippen molar-refractivity contribution in [2.75, 3.05) is 12.4 Å². The Morgan fingerprint density at radius 2 is 2.20 bits per heavy atom. The van der Waals surface area contributed by atoms with Gasteiger partial charge in [-0.25, -0.2) is 9.97 Å². The fourth-order valence-corrected chi connectivity index (χ4v) is 1.98. The average molecular weight is 288 g/mol. The molecular weight excluding hydrogens is 272 g/mol. The molecule has 6 heteroatoms. The molecule has 5 nitrogen and oxygen atoms in total. The van der Waals surface area contributed by atoms with Gasteiger partial charge in [0.1, 0.15) is 16.6 Å². The zero-order chi connectivity index (χ0) is 14.5. The number of benzene rings is 1. The van der Waals surface area contributed by atoms with E-state index in [4.69, 9.17) is 22.7 Å². The number of aromatic nitrogens is 2. The van der Waals surface area contributed by atoms with E-state index in [0.717, 1.165) is 28.5 Å². The van der Waals surface area contributed by atoms with Gasteiger partial charge in [-0.15, -0.1) is 0 Å². The van der Waals surface area contributed by atoms with Gasteiger partial charge in [0.15, 0.2) is 0 Å². The van der Waals surface area contributed by atoms with Crippen LogP contribution in [0.4, 0.5) is 5.69 Å². The summed E-state index contributed by atoms with van der Waals surface area (Å²) >= 11 is 5.05. The molecule has 0 bridgehead atoms. The molecule has 2 aromatic rings. The number of hydrogen-bond donors (Lipinski definition) is 2. The first-order valence-corrected chi connectivity index (χ1v) is 6.51. The molecular formula is C14H16N4OS. The fourth-order valence-electron chi connectivity index (χ4n) is 1.80. The van der Waals surface area contributed by atoms with Gasteiger partial charge in [0.05, 0.1) is 19.3 Å². The van der Waals surface area contributed by atoms with Crippen LogP contribution in [0.5, 0.6) is 5.75 Å². The number of hydrogen-bond acceptors (Lipinski definition) is 5. The Morgan fingerprint density at radius 3 is 2.85 bits per heavy atom. The lowest BCUT2D eigenvalue weighted by molar-refractivity contribution is 0.415. The number of nitrogens with zero attached hydrogens (tertiary/aromatic N) is 2. The van der Waals surface area contributed by atoms with Gasteiger partial charge >= 0.3 is 0 Å². The Labute approximate surface area is 123 Å². The Bertz CT molecular complexity index is 630. The predicted molar refractivity (Wildman–Crippen MR) is 83.0 cm³/mol. The SMILES string of the molecule is COc1ccc(C(N)=S)c(NCc2ccnc(C)n2)c1. The molecule has 0 atom stereocenters. The van der Waals surface area contributed by atoms with Gasteiger partial charge in [-0.1, -0.05) is 12.2 Å². The molecule has 1 heterocycles. The molecule has 0 fully saturated rings. The van der Waals surface area contributed by atoms with Gasteiger partial charge in [-0.3, -0.25) is 0 Å². The second kappa shape index (κ2) is 6.29. The summed E-state index contributed by atoms with van der Waals surface area (Å²) in [7, 11) is 1.62. The van der Waals surface area contributed by atoms with Gasteiger partial charge in [-0.05, 0) is 25.1 Å². The molecule has 2 rings (SSSR count). The van der Waals surface area contributed by atoms with Crippen molar-refractivity contribution in [1.82, 2.24) is 9.97 Å². The predicted octanol–water partition coefficient (Wildman–Crippen LogP) is 2.04. The number of anilines is 1. The summed E-state index contributed by atoms with van der Waals surface area (Å²) in [6.07, 6.45) is 1.74. The first kappa shape index (κ1) is 14.2. The molecule has 3 N–H and O–H groups in total. The van der Waals surface area contributed by atoms with Crippen LogP contribution in [0.25, 0.3) is 0 Å². The first-order valence-electron chi connectivity index (χ1n) is 6.10. The van der Waals surface area contributed by atoms with E-state index < -0.39 is 0 Å². The maximum atomic E-state index is 5.72. The van der Waals surface area contributed by atoms with Crippen molar-refractivity contribution in [2.45, 2.75) is 13.5 Å². The quantitative estimate of drug-likeness (QED) is 0.820. The Hall–Kier alpha value is -2.21. The van der Waals surface area contributed by atoms with E-state index in [9.17, 15) is 0 Å². The molecule has 0 aliphatic carbocycles. The number of thiocarbonyl (C=S) groups is 1. The number of aryl methyl sites for hydroxylation is 1. The van der Waals surface area contributed by atoms with Crippen molar-refractivity contribution in [3.63, 3.8) is 0 Å². The lowest BCUT2D eigenvalue weighted by Gasteiger charge is -2.12. The highest BCUT2D eigenvalue weighted by molar-refractivity contribution is 7.80. The highest BCUT2D eigenvalue weighted by Crippen LogP contribution is 2.23. The maximum Gasteiger partial charge on any atom is 0.125 e. The number of nitrogens with two attached hydrogens (primary N) is 1. The van der Waals surface area contributed by atoms with Crippen LogP contribution in [0.3, 0.4) is 0 Å². The van der Waals surface area contributed by atoms with Crippen LogP contribution in [-0.4, -0.2) is 22.1 Å². The highest BCUT2D eigenvalue weighted by Gasteiger charge is 2.07. The second-order valence-electron chi connectivity index (χ2n) is 4.22. The minimum absolute atomic E-state index is 0.342. The molecule has 1 aromatic heterocycles. The van der Waals surface area contributed by atoms with E-state index in [2.05, 4.69) is 15.3 Å². The van der Waals surface area contributed by atoms with Crippen molar-refractivity contribution in [3.05, 3.63) is 47.5 Å². The minimum Gasteiger partial charge on any atom is -0.497 e. The van der Waals surface area contributed by atoms with Gasteiger partial charge in [0.25, 0.3) is 0 Å². The summed E-state index contributed by atoms with van der Waals surface area (Å²) in [5, 5.41) is 3.28. The highest BCUT2D eigenvalue weighted by atomic mass is 32.1. The number of nitrogens with one attached hydrogen (secondary N) is 1. The van der Waals surface area contributed by atoms with Crippen molar-refractivity contribution < 1.29 is 4.74 Å². The number of rotatable bonds is 5. The zero-order valence-electron chi connectivity index (χ0n) is 11.4. The average Bonchev–Trinajstić information content (AvgIpc) is 2.44. The van der Waals surface area contributed by atoms with E-state index in [1.807, 2.05) is 31.2 Å². The molecule has 0 saturated heterocycles. The largest absolute Gasteiger partial charge is 0.497 e. The summed E-state index contributed by atoms with van der Waals surface area (Å²) in [5.74, 6) is 1.48. The molecule has 0 spiro atoms. The molecule has 0 aliphatic heterocycles. The third kappa shape index (κ3) is 3.42. The zero-order valence-corrected chi connectivity index (χ0v) is 12.2. The van der Waals surface area contributed by atoms with Crippen LogP contribution < -0.4 is 15.8 Å². The van der Waals surface area contributed by atoms with E-state index in [0.29, 0.717) is 11.5 Å². The van der Waals surface area contributed by atoms with E-state index >= 15 is 0 Å². The minimum atomic E-state index is 0.342. The molecule has 104 valence electrons. The van der Waals surface area contributed by atoms with Gasteiger partial charge in [0.2, 0.25) is 0 Å². The standard InChI is InChI=1S/C14H16N4OS/c1-9-16-6-5-10(18-9)8-17-13-7-11(19-2)3-4-12(13)14(15)20/h3-7,17H,8H2,1-2H3,(H2,15,20). The van der Waals surface area contributed by atoms with E-state index in [1.54, 1.807) is 13.3 Å². The first-order chi connectivity index (χ1) is 9.60. The van der Waals surface area contributed by atoms with Crippen LogP contribution in [0.15, 0.2) is 30.5 Å². The van der Waals surface area contributed by atoms with Crippen molar-refractivity contribution in [3.8, 4) is 5.75 Å². The summed E-state index contributed by atoms with van der Waals surface area (Å²) in [5.41, 5.74) is 8.23. The molecule has 0 radical (unpaired) electrons. The van der Waals surface area contributed by atoms with Crippen LogP contribution >= 0.6 is 12.2 Å². The molecule has 0 unspecified atom stereocenters. The van der Waals surface area contributed by atoms with Crippen LogP contribution in [0, 0.1) is 6.92 Å². The Balaban J connectivity index is 2.21. The van der Waals surface area contributed by atoms with Crippen molar-refractivity contribution in [2.24, 2.45) is 5.73 Å². The van der Waals surface area contributed by atoms with Crippen molar-refractivity contribution >= 4 is 22.9 Å². The summed E-state index contributed by atoms with van der Waals surface area (Å²) in [4.78, 5) is 8.75. The smallest absolute Gasteiger partial charge is 0.125 e. The number of ether oxygens (including phenoxy) is 1. The molecule has 0 amide bonds. The molecule has 0 aliphatic rings. The van der Waals surface area contributed by atoms with Crippen molar-refractivity contribution in [1.29, 1.82) is 0 Å². The number of methoxy groups -OCH3 is 1. The van der Waals surface area contributed by atoms with Crippen LogP contribution in [0.1, 0.15) is 17.1 Å². The summed E-state index contributed by atoms with van der Waals surface area (Å²) < 4.78 is 5.21. The third-order valence-corrected chi connectivity index (χ3v) is 3.01. The lowest BCUT2D eigenvalue weighted by Crippen LogP contribution is -2.13. The normalized spacial score (nSPS) is 10.1. The Morgan fingerprint density at radius 1 is 1.40 bits per heavy atom. The van der Waals surface area contributed by atoms with E-state index in [-0.39, 0.29) is 0 Å². The topological polar surface area (TPSA) is 73.1 Å². The van der Waals surface area contributed by atoms with Gasteiger partial charge < -0.3 is 15.8 Å². The van der Waals surface area contributed by atoms with Gasteiger partial charge in [-0.2, -0.15) is 0 Å². The monoisotopic (exact) mass is 288 g/mol. The lowest BCUT2D eigenvalue weighted by atomic mass is 10.1. The van der Waals surface area contributed by atoms with Crippen LogP contribution in [0.2, 0.25) is 0 Å². The molecule has 0 saturated carbocycles. The molecule has 20 heavy (non-hydrogen) atoms. The summed E-state index contributed by atoms with van der Waals surface area (Å²) in [6.45, 7) is 2.42. The summed E-state index contributed by atoms with van der Waals surface area (Å²) in [6, 6.07) is 7.40. The molecule has 1 aromatic carbocycles. The van der Waals surface area contributed by atoms with Crippen LogP contribution in [-0.2, 0) is 6.54 Å². The third-order valence-electron chi connectivity index (χ3n) is 2.79. The fraction of sp³-hybridized carbons (Fsp3) is 0.214. The Kier molecular flexibility index (Phi) is 4.47. The van der Waals surface area contributed by atoms with E-state index in [1.165, 1.54) is 0 Å². The second-order valence-corrected chi connectivity index (χ2v) is 4.66.